The molecule has 1 amide bonds. The molecular formula is C21H15F2N3O3S. The molecule has 0 radical (unpaired) electrons. The van der Waals surface area contributed by atoms with Gasteiger partial charge in [-0.3, -0.25) is 4.79 Å². The Morgan fingerprint density at radius 1 is 1.10 bits per heavy atom. The number of ether oxygens (including phenoxy) is 2. The van der Waals surface area contributed by atoms with Crippen molar-refractivity contribution in [2.75, 3.05) is 12.4 Å². The van der Waals surface area contributed by atoms with Crippen LogP contribution in [0.4, 0.5) is 14.6 Å². The molecule has 0 saturated carbocycles. The van der Waals surface area contributed by atoms with Gasteiger partial charge in [0.2, 0.25) is 0 Å². The molecule has 4 rings (SSSR count). The van der Waals surface area contributed by atoms with Crippen LogP contribution < -0.4 is 14.8 Å². The van der Waals surface area contributed by atoms with Crippen molar-refractivity contribution in [1.29, 1.82) is 0 Å². The molecule has 0 saturated heterocycles. The molecule has 0 aliphatic rings. The Morgan fingerprint density at radius 2 is 1.93 bits per heavy atom. The lowest BCUT2D eigenvalue weighted by Crippen LogP contribution is -2.16. The smallest absolute Gasteiger partial charge is 0.387 e. The number of fused-ring (bicyclic) bond motifs is 1. The third-order valence-electron chi connectivity index (χ3n) is 4.20. The molecule has 6 nitrogen and oxygen atoms in total. The number of para-hydroxylation sites is 2. The number of thiazole rings is 1. The lowest BCUT2D eigenvalue weighted by Gasteiger charge is -2.14. The molecule has 9 heteroatoms. The number of alkyl halides is 2. The molecule has 4 aromatic rings. The summed E-state index contributed by atoms with van der Waals surface area (Å²) in [6.45, 7) is -3.10. The Labute approximate surface area is 174 Å². The van der Waals surface area contributed by atoms with Gasteiger partial charge < -0.3 is 14.8 Å². The van der Waals surface area contributed by atoms with E-state index >= 15 is 0 Å². The average Bonchev–Trinajstić information content (AvgIpc) is 3.18. The van der Waals surface area contributed by atoms with Crippen LogP contribution in [0.1, 0.15) is 10.4 Å². The van der Waals surface area contributed by atoms with Gasteiger partial charge in [-0.25, -0.2) is 9.97 Å². The monoisotopic (exact) mass is 427 g/mol. The molecule has 1 N–H and O–H groups in total. The Kier molecular flexibility index (Phi) is 5.53. The number of hydrogen-bond acceptors (Lipinski definition) is 6. The molecule has 2 heterocycles. The van der Waals surface area contributed by atoms with Crippen molar-refractivity contribution in [3.8, 4) is 22.1 Å². The number of methoxy groups -OCH3 is 1. The summed E-state index contributed by atoms with van der Waals surface area (Å²) in [7, 11) is 1.30. The van der Waals surface area contributed by atoms with E-state index in [0.29, 0.717) is 0 Å². The van der Waals surface area contributed by atoms with Gasteiger partial charge in [-0.1, -0.05) is 18.2 Å². The van der Waals surface area contributed by atoms with E-state index in [1.54, 1.807) is 18.3 Å². The van der Waals surface area contributed by atoms with E-state index in [-0.39, 0.29) is 22.9 Å². The summed E-state index contributed by atoms with van der Waals surface area (Å²) in [6, 6.07) is 15.5. The predicted molar refractivity (Wildman–Crippen MR) is 110 cm³/mol. The molecule has 0 bridgehead atoms. The Hall–Kier alpha value is -3.59. The number of carbonyl (C=O) groups excluding carboxylic acids is 1. The van der Waals surface area contributed by atoms with Crippen LogP contribution in [-0.4, -0.2) is 29.6 Å². The van der Waals surface area contributed by atoms with E-state index in [0.717, 1.165) is 20.8 Å². The molecule has 2 aromatic carbocycles. The molecule has 30 heavy (non-hydrogen) atoms. The quantitative estimate of drug-likeness (QED) is 0.457. The Morgan fingerprint density at radius 3 is 2.63 bits per heavy atom. The highest BCUT2D eigenvalue weighted by atomic mass is 32.1. The first kappa shape index (κ1) is 19.7. The number of anilines is 1. The van der Waals surface area contributed by atoms with Crippen molar-refractivity contribution in [3.63, 3.8) is 0 Å². The first-order chi connectivity index (χ1) is 14.5. The van der Waals surface area contributed by atoms with E-state index in [4.69, 9.17) is 4.74 Å². The molecule has 152 valence electrons. The number of hydrogen-bond donors (Lipinski definition) is 1. The van der Waals surface area contributed by atoms with Gasteiger partial charge in [0.1, 0.15) is 10.8 Å². The standard InChI is InChI=1S/C21H15F2N3O3S/c1-28-15-7-4-5-13(18(15)29-21(22)23)19(27)26-17-10-9-12(11-24-17)20-25-14-6-2-3-8-16(14)30-20/h2-11,21H,1H3,(H,24,26,27). The van der Waals surface area contributed by atoms with Crippen LogP contribution in [0.3, 0.4) is 0 Å². The van der Waals surface area contributed by atoms with Crippen molar-refractivity contribution in [2.45, 2.75) is 6.61 Å². The van der Waals surface area contributed by atoms with Gasteiger partial charge >= 0.3 is 6.61 Å². The summed E-state index contributed by atoms with van der Waals surface area (Å²) in [5, 5.41) is 3.39. The maximum Gasteiger partial charge on any atom is 0.387 e. The van der Waals surface area contributed by atoms with E-state index in [9.17, 15) is 13.6 Å². The van der Waals surface area contributed by atoms with Gasteiger partial charge in [-0.15, -0.1) is 11.3 Å². The second kappa shape index (κ2) is 8.42. The number of amides is 1. The maximum absolute atomic E-state index is 12.8. The van der Waals surface area contributed by atoms with Crippen LogP contribution >= 0.6 is 11.3 Å². The normalized spacial score (nSPS) is 10.9. The summed E-state index contributed by atoms with van der Waals surface area (Å²) >= 11 is 1.54. The van der Waals surface area contributed by atoms with E-state index in [2.05, 4.69) is 20.0 Å². The zero-order valence-corrected chi connectivity index (χ0v) is 16.5. The van der Waals surface area contributed by atoms with Crippen LogP contribution in [0.15, 0.2) is 60.8 Å². The average molecular weight is 427 g/mol. The Balaban J connectivity index is 1.56. The number of nitrogens with one attached hydrogen (secondary N) is 1. The largest absolute Gasteiger partial charge is 0.493 e. The van der Waals surface area contributed by atoms with Crippen LogP contribution in [0, 0.1) is 0 Å². The third kappa shape index (κ3) is 4.06. The zero-order chi connectivity index (χ0) is 21.1. The SMILES string of the molecule is COc1cccc(C(=O)Nc2ccc(-c3nc4ccccc4s3)cn2)c1OC(F)F. The third-order valence-corrected chi connectivity index (χ3v) is 5.28. The minimum atomic E-state index is -3.10. The van der Waals surface area contributed by atoms with Crippen molar-refractivity contribution in [3.05, 3.63) is 66.4 Å². The second-order valence-electron chi connectivity index (χ2n) is 6.09. The van der Waals surface area contributed by atoms with Gasteiger partial charge in [0.25, 0.3) is 5.91 Å². The number of halogens is 2. The summed E-state index contributed by atoms with van der Waals surface area (Å²) in [5.74, 6) is -0.693. The highest BCUT2D eigenvalue weighted by Gasteiger charge is 2.20. The Bertz CT molecular complexity index is 1160. The fourth-order valence-electron chi connectivity index (χ4n) is 2.84. The molecule has 0 aliphatic heterocycles. The summed E-state index contributed by atoms with van der Waals surface area (Å²) in [4.78, 5) is 21.4. The number of carbonyl (C=O) groups is 1. The van der Waals surface area contributed by atoms with Crippen molar-refractivity contribution < 1.29 is 23.0 Å². The van der Waals surface area contributed by atoms with Crippen LogP contribution in [0.25, 0.3) is 20.8 Å². The maximum atomic E-state index is 12.8. The van der Waals surface area contributed by atoms with Gasteiger partial charge in [0.15, 0.2) is 11.5 Å². The van der Waals surface area contributed by atoms with Crippen LogP contribution in [-0.2, 0) is 0 Å². The summed E-state index contributed by atoms with van der Waals surface area (Å²) in [5.41, 5.74) is 1.61. The number of rotatable bonds is 6. The van der Waals surface area contributed by atoms with E-state index in [1.807, 2.05) is 24.3 Å². The molecule has 0 aliphatic carbocycles. The van der Waals surface area contributed by atoms with E-state index in [1.165, 1.54) is 36.6 Å². The lowest BCUT2D eigenvalue weighted by atomic mass is 10.1. The predicted octanol–water partition coefficient (Wildman–Crippen LogP) is 5.22. The summed E-state index contributed by atoms with van der Waals surface area (Å²) in [6.07, 6.45) is 1.59. The molecule has 2 aromatic heterocycles. The highest BCUT2D eigenvalue weighted by molar-refractivity contribution is 7.21. The number of pyridine rings is 1. The number of nitrogens with zero attached hydrogens (tertiary/aromatic N) is 2. The van der Waals surface area contributed by atoms with Gasteiger partial charge in [0, 0.05) is 11.8 Å². The van der Waals surface area contributed by atoms with Gasteiger partial charge in [-0.2, -0.15) is 8.78 Å². The first-order valence-corrected chi connectivity index (χ1v) is 9.62. The topological polar surface area (TPSA) is 73.3 Å². The molecular weight excluding hydrogens is 412 g/mol. The zero-order valence-electron chi connectivity index (χ0n) is 15.6. The van der Waals surface area contributed by atoms with Crippen LogP contribution in [0.2, 0.25) is 0 Å². The number of benzene rings is 2. The fourth-order valence-corrected chi connectivity index (χ4v) is 3.80. The first-order valence-electron chi connectivity index (χ1n) is 8.80. The fraction of sp³-hybridized carbons (Fsp3) is 0.0952. The molecule has 0 spiro atoms. The lowest BCUT2D eigenvalue weighted by molar-refractivity contribution is -0.0515. The summed E-state index contributed by atoms with van der Waals surface area (Å²) < 4.78 is 36.1. The van der Waals surface area contributed by atoms with Crippen molar-refractivity contribution >= 4 is 33.3 Å². The highest BCUT2D eigenvalue weighted by Crippen LogP contribution is 2.33. The molecule has 0 unspecified atom stereocenters. The van der Waals surface area contributed by atoms with Gasteiger partial charge in [-0.05, 0) is 36.4 Å². The number of aromatic nitrogens is 2. The van der Waals surface area contributed by atoms with Crippen molar-refractivity contribution in [1.82, 2.24) is 9.97 Å². The minimum absolute atomic E-state index is 0.0297. The second-order valence-corrected chi connectivity index (χ2v) is 7.12. The molecule has 0 atom stereocenters. The van der Waals surface area contributed by atoms with Gasteiger partial charge in [0.05, 0.1) is 22.9 Å². The van der Waals surface area contributed by atoms with Crippen molar-refractivity contribution in [2.24, 2.45) is 0 Å². The minimum Gasteiger partial charge on any atom is -0.493 e. The van der Waals surface area contributed by atoms with E-state index < -0.39 is 12.5 Å². The van der Waals surface area contributed by atoms with Crippen LogP contribution in [0.5, 0.6) is 11.5 Å². The molecule has 0 fully saturated rings.